The van der Waals surface area contributed by atoms with Gasteiger partial charge in [-0.3, -0.25) is 4.68 Å². The van der Waals surface area contributed by atoms with Crippen LogP contribution in [0.25, 0.3) is 17.0 Å². The van der Waals surface area contributed by atoms with E-state index in [1.165, 1.54) is 0 Å². The number of benzene rings is 1. The van der Waals surface area contributed by atoms with Crippen LogP contribution in [0.15, 0.2) is 30.5 Å². The van der Waals surface area contributed by atoms with Gasteiger partial charge in [-0.15, -0.1) is 0 Å². The van der Waals surface area contributed by atoms with Crippen LogP contribution in [0.5, 0.6) is 0 Å². The summed E-state index contributed by atoms with van der Waals surface area (Å²) in [7, 11) is 1.92. The van der Waals surface area contributed by atoms with Crippen molar-refractivity contribution in [2.45, 2.75) is 6.42 Å². The highest BCUT2D eigenvalue weighted by atomic mass is 16.1. The monoisotopic (exact) mass is 200 g/mol. The summed E-state index contributed by atoms with van der Waals surface area (Å²) in [6, 6.07) is 6.11. The summed E-state index contributed by atoms with van der Waals surface area (Å²) in [5.74, 6) is 0. The Morgan fingerprint density at radius 2 is 2.33 bits per heavy atom. The maximum Gasteiger partial charge on any atom is 0.123 e. The predicted molar refractivity (Wildman–Crippen MR) is 60.4 cm³/mol. The maximum atomic E-state index is 10.2. The van der Waals surface area contributed by atoms with E-state index >= 15 is 0 Å². The van der Waals surface area contributed by atoms with E-state index in [2.05, 4.69) is 11.2 Å². The van der Waals surface area contributed by atoms with Gasteiger partial charge in [-0.1, -0.05) is 24.3 Å². The Labute approximate surface area is 88.0 Å². The summed E-state index contributed by atoms with van der Waals surface area (Å²) in [5, 5.41) is 5.30. The minimum atomic E-state index is 0.462. The van der Waals surface area contributed by atoms with E-state index in [-0.39, 0.29) is 0 Å². The molecule has 3 heteroatoms. The Morgan fingerprint density at radius 3 is 3.13 bits per heavy atom. The number of aromatic nitrogens is 2. The van der Waals surface area contributed by atoms with Crippen LogP contribution < -0.4 is 0 Å². The van der Waals surface area contributed by atoms with Crippen molar-refractivity contribution in [3.8, 4) is 0 Å². The average molecular weight is 200 g/mol. The van der Waals surface area contributed by atoms with E-state index in [0.29, 0.717) is 6.42 Å². The van der Waals surface area contributed by atoms with E-state index in [9.17, 15) is 4.79 Å². The van der Waals surface area contributed by atoms with E-state index in [0.717, 1.165) is 22.8 Å². The van der Waals surface area contributed by atoms with Crippen LogP contribution in [0, 0.1) is 0 Å². The highest BCUT2D eigenvalue weighted by molar-refractivity contribution is 5.81. The molecule has 0 saturated carbocycles. The lowest BCUT2D eigenvalue weighted by Crippen LogP contribution is -1.88. The molecule has 76 valence electrons. The van der Waals surface area contributed by atoms with Crippen LogP contribution in [0.1, 0.15) is 12.0 Å². The first kappa shape index (κ1) is 9.65. The minimum absolute atomic E-state index is 0.462. The van der Waals surface area contributed by atoms with Gasteiger partial charge in [0.2, 0.25) is 0 Å². The lowest BCUT2D eigenvalue weighted by molar-refractivity contribution is -0.107. The quantitative estimate of drug-likeness (QED) is 0.712. The third-order valence-corrected chi connectivity index (χ3v) is 2.32. The number of hydrogen-bond acceptors (Lipinski definition) is 2. The summed E-state index contributed by atoms with van der Waals surface area (Å²) in [4.78, 5) is 10.2. The van der Waals surface area contributed by atoms with Gasteiger partial charge in [-0.25, -0.2) is 0 Å². The third-order valence-electron chi connectivity index (χ3n) is 2.32. The molecular weight excluding hydrogens is 188 g/mol. The van der Waals surface area contributed by atoms with Crippen molar-refractivity contribution in [2.75, 3.05) is 0 Å². The molecular formula is C12H12N2O. The summed E-state index contributed by atoms with van der Waals surface area (Å²) in [6.45, 7) is 0. The first-order valence-electron chi connectivity index (χ1n) is 4.83. The Bertz CT molecular complexity index is 511. The van der Waals surface area contributed by atoms with Crippen molar-refractivity contribution in [2.24, 2.45) is 7.05 Å². The predicted octanol–water partition coefficient (Wildman–Crippen LogP) is 2.18. The largest absolute Gasteiger partial charge is 0.303 e. The number of aldehydes is 1. The number of hydrogen-bond donors (Lipinski definition) is 0. The maximum absolute atomic E-state index is 10.2. The highest BCUT2D eigenvalue weighted by Gasteiger charge is 1.98. The molecule has 15 heavy (non-hydrogen) atoms. The van der Waals surface area contributed by atoms with Crippen molar-refractivity contribution >= 4 is 23.3 Å². The Hall–Kier alpha value is -1.90. The van der Waals surface area contributed by atoms with Gasteiger partial charge < -0.3 is 4.79 Å². The molecule has 0 fully saturated rings. The molecule has 0 aliphatic heterocycles. The Morgan fingerprint density at radius 1 is 1.47 bits per heavy atom. The van der Waals surface area contributed by atoms with Gasteiger partial charge >= 0.3 is 0 Å². The molecule has 0 aliphatic carbocycles. The molecule has 3 nitrogen and oxygen atoms in total. The molecule has 0 amide bonds. The lowest BCUT2D eigenvalue weighted by Gasteiger charge is -1.96. The van der Waals surface area contributed by atoms with Crippen LogP contribution in [0.3, 0.4) is 0 Å². The van der Waals surface area contributed by atoms with Gasteiger partial charge in [0.25, 0.3) is 0 Å². The number of aryl methyl sites for hydroxylation is 1. The van der Waals surface area contributed by atoms with Gasteiger partial charge in [0.1, 0.15) is 6.29 Å². The zero-order valence-electron chi connectivity index (χ0n) is 8.55. The summed E-state index contributed by atoms with van der Waals surface area (Å²) < 4.78 is 1.84. The molecule has 0 radical (unpaired) electrons. The van der Waals surface area contributed by atoms with Gasteiger partial charge in [0.15, 0.2) is 0 Å². The molecule has 1 aromatic carbocycles. The molecule has 2 aromatic rings. The van der Waals surface area contributed by atoms with Gasteiger partial charge in [0, 0.05) is 18.9 Å². The first-order valence-corrected chi connectivity index (χ1v) is 4.83. The van der Waals surface area contributed by atoms with Crippen molar-refractivity contribution < 1.29 is 4.79 Å². The second kappa shape index (κ2) is 4.09. The van der Waals surface area contributed by atoms with Gasteiger partial charge in [0.05, 0.1) is 11.7 Å². The second-order valence-corrected chi connectivity index (χ2v) is 3.39. The summed E-state index contributed by atoms with van der Waals surface area (Å²) >= 11 is 0. The molecule has 0 atom stereocenters. The Balaban J connectivity index is 2.37. The molecule has 0 bridgehead atoms. The zero-order valence-corrected chi connectivity index (χ0v) is 8.55. The number of carbonyl (C=O) groups is 1. The average Bonchev–Trinajstić information content (AvgIpc) is 2.61. The second-order valence-electron chi connectivity index (χ2n) is 3.39. The minimum Gasteiger partial charge on any atom is -0.303 e. The van der Waals surface area contributed by atoms with E-state index in [1.54, 1.807) is 0 Å². The molecule has 1 heterocycles. The third kappa shape index (κ3) is 1.96. The summed E-state index contributed by atoms with van der Waals surface area (Å²) in [6.07, 6.45) is 6.99. The molecule has 1 aromatic heterocycles. The normalized spacial score (nSPS) is 11.3. The van der Waals surface area contributed by atoms with E-state index in [4.69, 9.17) is 0 Å². The van der Waals surface area contributed by atoms with Gasteiger partial charge in [-0.05, 0) is 11.6 Å². The zero-order chi connectivity index (χ0) is 10.7. The number of fused-ring (bicyclic) bond motifs is 1. The SMILES string of the molecule is Cn1ncc2ccc(C=CCC=O)cc21. The first-order chi connectivity index (χ1) is 7.31. The lowest BCUT2D eigenvalue weighted by atomic mass is 10.1. The fraction of sp³-hybridized carbons (Fsp3) is 0.167. The fourth-order valence-electron chi connectivity index (χ4n) is 1.52. The molecule has 0 spiro atoms. The molecule has 0 saturated heterocycles. The van der Waals surface area contributed by atoms with E-state index < -0.39 is 0 Å². The number of rotatable bonds is 3. The smallest absolute Gasteiger partial charge is 0.123 e. The van der Waals surface area contributed by atoms with Crippen molar-refractivity contribution in [3.63, 3.8) is 0 Å². The molecule has 0 aliphatic rings. The van der Waals surface area contributed by atoms with Crippen LogP contribution in [-0.4, -0.2) is 16.1 Å². The number of allylic oxidation sites excluding steroid dienone is 1. The molecule has 0 N–H and O–H groups in total. The molecule has 0 unspecified atom stereocenters. The van der Waals surface area contributed by atoms with Crippen molar-refractivity contribution in [3.05, 3.63) is 36.0 Å². The topological polar surface area (TPSA) is 34.9 Å². The van der Waals surface area contributed by atoms with Crippen molar-refractivity contribution in [1.29, 1.82) is 0 Å². The van der Waals surface area contributed by atoms with Crippen molar-refractivity contribution in [1.82, 2.24) is 9.78 Å². The van der Waals surface area contributed by atoms with E-state index in [1.807, 2.05) is 42.2 Å². The van der Waals surface area contributed by atoms with Crippen LogP contribution in [0.4, 0.5) is 0 Å². The molecule has 2 rings (SSSR count). The van der Waals surface area contributed by atoms with Crippen LogP contribution in [0.2, 0.25) is 0 Å². The van der Waals surface area contributed by atoms with Gasteiger partial charge in [-0.2, -0.15) is 5.10 Å². The standard InChI is InChI=1S/C12H12N2O/c1-14-12-8-10(4-2-3-7-15)5-6-11(12)9-13-14/h2,4-9H,3H2,1H3. The Kier molecular flexibility index (Phi) is 2.63. The summed E-state index contributed by atoms with van der Waals surface area (Å²) in [5.41, 5.74) is 2.19. The van der Waals surface area contributed by atoms with Crippen LogP contribution in [-0.2, 0) is 11.8 Å². The highest BCUT2D eigenvalue weighted by Crippen LogP contribution is 2.15. The number of nitrogens with zero attached hydrogens (tertiary/aromatic N) is 2. The fourth-order valence-corrected chi connectivity index (χ4v) is 1.52. The van der Waals surface area contributed by atoms with Crippen LogP contribution >= 0.6 is 0 Å². The number of carbonyl (C=O) groups excluding carboxylic acids is 1.